The lowest BCUT2D eigenvalue weighted by molar-refractivity contribution is 0.102. The molecule has 2 N–H and O–H groups in total. The molecule has 0 fully saturated rings. The van der Waals surface area contributed by atoms with Gasteiger partial charge in [-0.25, -0.2) is 8.42 Å². The number of amides is 1. The summed E-state index contributed by atoms with van der Waals surface area (Å²) in [5, 5.41) is 2.82. The zero-order chi connectivity index (χ0) is 21.9. The molecule has 5 nitrogen and oxygen atoms in total. The third kappa shape index (κ3) is 4.98. The zero-order valence-electron chi connectivity index (χ0n) is 16.7. The van der Waals surface area contributed by atoms with E-state index >= 15 is 0 Å². The SMILES string of the molecule is CSc1cccc(NC(=O)c2ccc(Cl)c(S(=O)(=O)Nc3cccc(C)c3C)c2)c1. The Balaban J connectivity index is 1.90. The lowest BCUT2D eigenvalue weighted by Gasteiger charge is -2.14. The van der Waals surface area contributed by atoms with Crippen molar-refractivity contribution in [3.63, 3.8) is 0 Å². The van der Waals surface area contributed by atoms with Gasteiger partial charge in [0, 0.05) is 16.1 Å². The van der Waals surface area contributed by atoms with Crippen LogP contribution in [0.2, 0.25) is 5.02 Å². The highest BCUT2D eigenvalue weighted by molar-refractivity contribution is 7.98. The molecular formula is C22H21ClN2O3S2. The molecule has 0 bridgehead atoms. The van der Waals surface area contributed by atoms with Crippen LogP contribution in [0.5, 0.6) is 0 Å². The van der Waals surface area contributed by atoms with Gasteiger partial charge in [0.2, 0.25) is 0 Å². The molecule has 0 unspecified atom stereocenters. The number of benzene rings is 3. The van der Waals surface area contributed by atoms with Gasteiger partial charge in [0.1, 0.15) is 4.90 Å². The second-order valence-electron chi connectivity index (χ2n) is 6.68. The van der Waals surface area contributed by atoms with Crippen molar-refractivity contribution in [2.45, 2.75) is 23.6 Å². The number of anilines is 2. The lowest BCUT2D eigenvalue weighted by Crippen LogP contribution is -2.17. The Labute approximate surface area is 185 Å². The molecule has 1 amide bonds. The molecule has 3 rings (SSSR count). The first-order chi connectivity index (χ1) is 14.2. The second kappa shape index (κ2) is 9.12. The van der Waals surface area contributed by atoms with Crippen molar-refractivity contribution in [3.05, 3.63) is 82.4 Å². The Bertz CT molecular complexity index is 1210. The summed E-state index contributed by atoms with van der Waals surface area (Å²) in [6.07, 6.45) is 1.94. The molecule has 0 aliphatic rings. The number of thioether (sulfide) groups is 1. The van der Waals surface area contributed by atoms with Crippen LogP contribution in [0.15, 0.2) is 70.5 Å². The first-order valence-electron chi connectivity index (χ1n) is 9.05. The van der Waals surface area contributed by atoms with Crippen LogP contribution in [-0.4, -0.2) is 20.6 Å². The first-order valence-corrected chi connectivity index (χ1v) is 12.1. The standard InChI is InChI=1S/C22H21ClN2O3S2/c1-14-6-4-9-20(15(14)2)25-30(27,28)21-12-16(10-11-19(21)23)22(26)24-17-7-5-8-18(13-17)29-3/h4-13,25H,1-3H3,(H,24,26). The minimum absolute atomic E-state index is 0.0359. The molecule has 0 radical (unpaired) electrons. The van der Waals surface area contributed by atoms with Crippen molar-refractivity contribution in [1.29, 1.82) is 0 Å². The quantitative estimate of drug-likeness (QED) is 0.460. The van der Waals surface area contributed by atoms with Crippen molar-refractivity contribution in [1.82, 2.24) is 0 Å². The minimum atomic E-state index is -3.99. The van der Waals surface area contributed by atoms with Crippen molar-refractivity contribution in [2.24, 2.45) is 0 Å². The third-order valence-corrected chi connectivity index (χ3v) is 7.23. The van der Waals surface area contributed by atoms with Crippen molar-refractivity contribution < 1.29 is 13.2 Å². The predicted molar refractivity (Wildman–Crippen MR) is 124 cm³/mol. The van der Waals surface area contributed by atoms with E-state index in [2.05, 4.69) is 10.0 Å². The highest BCUT2D eigenvalue weighted by Gasteiger charge is 2.21. The summed E-state index contributed by atoms with van der Waals surface area (Å²) >= 11 is 7.73. The van der Waals surface area contributed by atoms with Crippen LogP contribution in [0.25, 0.3) is 0 Å². The predicted octanol–water partition coefficient (Wildman–Crippen LogP) is 5.73. The average Bonchev–Trinajstić information content (AvgIpc) is 2.71. The Kier molecular flexibility index (Phi) is 6.75. The maximum atomic E-state index is 13.0. The summed E-state index contributed by atoms with van der Waals surface area (Å²) in [5.74, 6) is -0.423. The summed E-state index contributed by atoms with van der Waals surface area (Å²) < 4.78 is 28.5. The van der Waals surface area contributed by atoms with Crippen LogP contribution >= 0.6 is 23.4 Å². The molecule has 0 aliphatic heterocycles. The van der Waals surface area contributed by atoms with Gasteiger partial charge in [-0.05, 0) is 73.7 Å². The number of carbonyl (C=O) groups excluding carboxylic acids is 1. The van der Waals surface area contributed by atoms with Crippen LogP contribution in [0.4, 0.5) is 11.4 Å². The Hall–Kier alpha value is -2.48. The molecule has 30 heavy (non-hydrogen) atoms. The highest BCUT2D eigenvalue weighted by Crippen LogP contribution is 2.28. The Morgan fingerprint density at radius 1 is 1.00 bits per heavy atom. The molecule has 0 spiro atoms. The Morgan fingerprint density at radius 2 is 1.73 bits per heavy atom. The highest BCUT2D eigenvalue weighted by atomic mass is 35.5. The molecule has 8 heteroatoms. The lowest BCUT2D eigenvalue weighted by atomic mass is 10.1. The van der Waals surface area contributed by atoms with E-state index in [1.54, 1.807) is 30.0 Å². The molecule has 0 atom stereocenters. The number of aryl methyl sites for hydroxylation is 1. The number of nitrogens with one attached hydrogen (secondary N) is 2. The Morgan fingerprint density at radius 3 is 2.47 bits per heavy atom. The fourth-order valence-electron chi connectivity index (χ4n) is 2.82. The topological polar surface area (TPSA) is 75.3 Å². The van der Waals surface area contributed by atoms with E-state index in [1.165, 1.54) is 18.2 Å². The fourth-order valence-corrected chi connectivity index (χ4v) is 4.93. The van der Waals surface area contributed by atoms with Crippen molar-refractivity contribution in [3.8, 4) is 0 Å². The van der Waals surface area contributed by atoms with Crippen LogP contribution in [0, 0.1) is 13.8 Å². The van der Waals surface area contributed by atoms with Gasteiger partial charge in [-0.2, -0.15) is 0 Å². The minimum Gasteiger partial charge on any atom is -0.322 e. The number of rotatable bonds is 6. The molecule has 0 aliphatic carbocycles. The van der Waals surface area contributed by atoms with Crippen LogP contribution in [0.3, 0.4) is 0 Å². The maximum absolute atomic E-state index is 13.0. The molecule has 3 aromatic carbocycles. The third-order valence-electron chi connectivity index (χ3n) is 4.66. The molecule has 156 valence electrons. The van der Waals surface area contributed by atoms with E-state index in [0.717, 1.165) is 16.0 Å². The van der Waals surface area contributed by atoms with Gasteiger partial charge in [-0.1, -0.05) is 29.8 Å². The van der Waals surface area contributed by atoms with Gasteiger partial charge in [0.25, 0.3) is 15.9 Å². The van der Waals surface area contributed by atoms with E-state index < -0.39 is 15.9 Å². The van der Waals surface area contributed by atoms with E-state index in [4.69, 9.17) is 11.6 Å². The smallest absolute Gasteiger partial charge is 0.263 e. The second-order valence-corrected chi connectivity index (χ2v) is 9.62. The summed E-state index contributed by atoms with van der Waals surface area (Å²) in [6, 6.07) is 16.9. The normalized spacial score (nSPS) is 11.2. The van der Waals surface area contributed by atoms with Gasteiger partial charge >= 0.3 is 0 Å². The number of sulfonamides is 1. The van der Waals surface area contributed by atoms with E-state index in [9.17, 15) is 13.2 Å². The average molecular weight is 461 g/mol. The van der Waals surface area contributed by atoms with Crippen molar-refractivity contribution in [2.75, 3.05) is 16.3 Å². The monoisotopic (exact) mass is 460 g/mol. The first kappa shape index (κ1) is 22.2. The number of halogens is 1. The molecule has 0 saturated heterocycles. The molecule has 0 heterocycles. The maximum Gasteiger partial charge on any atom is 0.263 e. The van der Waals surface area contributed by atoms with Crippen LogP contribution < -0.4 is 10.0 Å². The van der Waals surface area contributed by atoms with Crippen LogP contribution in [-0.2, 0) is 10.0 Å². The van der Waals surface area contributed by atoms with E-state index in [-0.39, 0.29) is 15.5 Å². The summed E-state index contributed by atoms with van der Waals surface area (Å²) in [6.45, 7) is 3.73. The van der Waals surface area contributed by atoms with Crippen LogP contribution in [0.1, 0.15) is 21.5 Å². The molecule has 0 aromatic heterocycles. The van der Waals surface area contributed by atoms with Gasteiger partial charge in [-0.3, -0.25) is 9.52 Å². The summed E-state index contributed by atoms with van der Waals surface area (Å²) in [5.41, 5.74) is 3.06. The fraction of sp³-hybridized carbons (Fsp3) is 0.136. The molecule has 3 aromatic rings. The van der Waals surface area contributed by atoms with Gasteiger partial charge < -0.3 is 5.32 Å². The summed E-state index contributed by atoms with van der Waals surface area (Å²) in [7, 11) is -3.99. The largest absolute Gasteiger partial charge is 0.322 e. The molecular weight excluding hydrogens is 440 g/mol. The summed E-state index contributed by atoms with van der Waals surface area (Å²) in [4.78, 5) is 13.5. The van der Waals surface area contributed by atoms with Gasteiger partial charge in [-0.15, -0.1) is 11.8 Å². The van der Waals surface area contributed by atoms with Crippen molar-refractivity contribution >= 4 is 50.7 Å². The van der Waals surface area contributed by atoms with Gasteiger partial charge in [0.05, 0.1) is 10.7 Å². The zero-order valence-corrected chi connectivity index (χ0v) is 19.1. The molecule has 0 saturated carbocycles. The number of carbonyl (C=O) groups is 1. The number of hydrogen-bond acceptors (Lipinski definition) is 4. The van der Waals surface area contributed by atoms with Gasteiger partial charge in [0.15, 0.2) is 0 Å². The van der Waals surface area contributed by atoms with E-state index in [0.29, 0.717) is 11.4 Å². The van der Waals surface area contributed by atoms with E-state index in [1.807, 2.05) is 44.4 Å². The number of hydrogen-bond donors (Lipinski definition) is 2.